The molecule has 0 saturated carbocycles. The van der Waals surface area contributed by atoms with Crippen molar-refractivity contribution in [3.8, 4) is 5.06 Å². The highest BCUT2D eigenvalue weighted by Crippen LogP contribution is 2.41. The van der Waals surface area contributed by atoms with Gasteiger partial charge in [0.05, 0.1) is 11.0 Å². The van der Waals surface area contributed by atoms with E-state index < -0.39 is 13.2 Å². The van der Waals surface area contributed by atoms with Gasteiger partial charge in [-0.3, -0.25) is 10.1 Å². The van der Waals surface area contributed by atoms with E-state index in [1.54, 1.807) is 0 Å². The lowest BCUT2D eigenvalue weighted by Gasteiger charge is -1.92. The van der Waals surface area contributed by atoms with Crippen LogP contribution in [0.1, 0.15) is 0 Å². The summed E-state index contributed by atoms with van der Waals surface area (Å²) in [4.78, 5) is 18.1. The first-order valence-electron chi connectivity index (χ1n) is 2.85. The number of hydrogen-bond donors (Lipinski definition) is 1. The van der Waals surface area contributed by atoms with Crippen LogP contribution in [-0.2, 0) is 4.57 Å². The van der Waals surface area contributed by atoms with E-state index in [0.29, 0.717) is 0 Å². The predicted octanol–water partition coefficient (Wildman–Crippen LogP) is 2.18. The number of hydrogen-bond acceptors (Lipinski definition) is 5. The van der Waals surface area contributed by atoms with Crippen molar-refractivity contribution < 1.29 is 18.9 Å². The van der Waals surface area contributed by atoms with Crippen LogP contribution in [0.5, 0.6) is 5.06 Å². The molecule has 72 valence electrons. The zero-order valence-corrected chi connectivity index (χ0v) is 9.29. The molecule has 0 amide bonds. The van der Waals surface area contributed by atoms with E-state index in [1.165, 1.54) is 0 Å². The quantitative estimate of drug-likeness (QED) is 0.523. The van der Waals surface area contributed by atoms with Gasteiger partial charge in [-0.2, -0.15) is 0 Å². The largest absolute Gasteiger partial charge is 0.416 e. The molecule has 1 unspecified atom stereocenters. The average Bonchev–Trinajstić information content (AvgIpc) is 2.29. The molecule has 0 aliphatic carbocycles. The zero-order valence-electron chi connectivity index (χ0n) is 5.89. The molecule has 1 aromatic heterocycles. The van der Waals surface area contributed by atoms with E-state index in [-0.39, 0.29) is 14.5 Å². The van der Waals surface area contributed by atoms with Crippen molar-refractivity contribution in [1.82, 2.24) is 0 Å². The molecule has 13 heavy (non-hydrogen) atoms. The molecule has 0 fully saturated rings. The third-order valence-corrected chi connectivity index (χ3v) is 3.26. The molecular weight excluding hydrogens is 285 g/mol. The molecule has 1 N–H and O–H groups in total. The maximum absolute atomic E-state index is 10.3. The third-order valence-electron chi connectivity index (χ3n) is 1.03. The fourth-order valence-electron chi connectivity index (χ4n) is 0.599. The second-order valence-electron chi connectivity index (χ2n) is 1.85. The fraction of sp³-hybridized carbons (Fsp3) is 0. The van der Waals surface area contributed by atoms with Gasteiger partial charge < -0.3 is 9.42 Å². The van der Waals surface area contributed by atoms with E-state index in [2.05, 4.69) is 20.5 Å². The number of nitro groups is 1. The molecule has 1 heterocycles. The van der Waals surface area contributed by atoms with Crippen LogP contribution < -0.4 is 4.52 Å². The highest BCUT2D eigenvalue weighted by molar-refractivity contribution is 9.11. The molecule has 0 spiro atoms. The second-order valence-corrected chi connectivity index (χ2v) is 4.92. The summed E-state index contributed by atoms with van der Waals surface area (Å²) in [6.45, 7) is 0. The van der Waals surface area contributed by atoms with E-state index in [9.17, 15) is 14.7 Å². The second kappa shape index (κ2) is 4.19. The molecule has 0 saturated heterocycles. The first-order valence-corrected chi connectivity index (χ1v) is 5.72. The van der Waals surface area contributed by atoms with Gasteiger partial charge in [0.25, 0.3) is 5.69 Å². The molecule has 1 aromatic rings. The number of halogens is 1. The Hall–Kier alpha value is -0.430. The lowest BCUT2D eigenvalue weighted by Crippen LogP contribution is -1.84. The Morgan fingerprint density at radius 3 is 2.77 bits per heavy atom. The van der Waals surface area contributed by atoms with Gasteiger partial charge in [-0.15, -0.1) is 0 Å². The summed E-state index contributed by atoms with van der Waals surface area (Å²) < 4.78 is 14.9. The predicted molar refractivity (Wildman–Crippen MR) is 50.5 cm³/mol. The van der Waals surface area contributed by atoms with Gasteiger partial charge >= 0.3 is 8.25 Å². The molecule has 0 aliphatic rings. The van der Waals surface area contributed by atoms with Crippen molar-refractivity contribution in [2.24, 2.45) is 0 Å². The highest BCUT2D eigenvalue weighted by atomic mass is 79.9. The Kier molecular flexibility index (Phi) is 3.43. The standard InChI is InChI=1S/C4H3BrNO5PS/c5-4-2(6(7)8)1-3(13-4)11-12(9)10/h1,12H,(H,9,10). The molecule has 1 rings (SSSR count). The molecule has 0 radical (unpaired) electrons. The van der Waals surface area contributed by atoms with Crippen molar-refractivity contribution in [1.29, 1.82) is 0 Å². The summed E-state index contributed by atoms with van der Waals surface area (Å²) in [6.07, 6.45) is 0. The first-order chi connectivity index (χ1) is 6.00. The first kappa shape index (κ1) is 10.6. The van der Waals surface area contributed by atoms with Crippen molar-refractivity contribution in [3.63, 3.8) is 0 Å². The Morgan fingerprint density at radius 2 is 2.38 bits per heavy atom. The lowest BCUT2D eigenvalue weighted by molar-refractivity contribution is -0.385. The number of thiophene rings is 1. The van der Waals surface area contributed by atoms with Gasteiger partial charge in [-0.25, -0.2) is 4.57 Å². The van der Waals surface area contributed by atoms with Crippen molar-refractivity contribution in [2.75, 3.05) is 0 Å². The molecule has 0 aromatic carbocycles. The summed E-state index contributed by atoms with van der Waals surface area (Å²) in [5.74, 6) is 0. The van der Waals surface area contributed by atoms with Gasteiger partial charge in [0.15, 0.2) is 8.85 Å². The minimum Gasteiger partial charge on any atom is -0.416 e. The molecule has 9 heteroatoms. The Morgan fingerprint density at radius 1 is 1.77 bits per heavy atom. The monoisotopic (exact) mass is 287 g/mol. The van der Waals surface area contributed by atoms with Crippen LogP contribution in [-0.4, -0.2) is 9.82 Å². The molecular formula is C4H3BrNO5PS. The summed E-state index contributed by atoms with van der Waals surface area (Å²) in [5, 5.41) is 10.4. The Balaban J connectivity index is 2.95. The van der Waals surface area contributed by atoms with Crippen molar-refractivity contribution >= 4 is 41.2 Å². The zero-order chi connectivity index (χ0) is 10.0. The topological polar surface area (TPSA) is 89.7 Å². The van der Waals surface area contributed by atoms with E-state index in [1.807, 2.05) is 0 Å². The van der Waals surface area contributed by atoms with Gasteiger partial charge in [0.1, 0.15) is 0 Å². The SMILES string of the molecule is O=[N+]([O-])c1cc(O[PH](=O)O)sc1Br. The van der Waals surface area contributed by atoms with E-state index in [4.69, 9.17) is 4.89 Å². The van der Waals surface area contributed by atoms with E-state index in [0.717, 1.165) is 17.4 Å². The summed E-state index contributed by atoms with van der Waals surface area (Å²) >= 11 is 3.82. The summed E-state index contributed by atoms with van der Waals surface area (Å²) in [7, 11) is -3.10. The number of nitrogens with zero attached hydrogens (tertiary/aromatic N) is 1. The lowest BCUT2D eigenvalue weighted by atomic mass is 10.5. The summed E-state index contributed by atoms with van der Waals surface area (Å²) in [5.41, 5.74) is -0.178. The van der Waals surface area contributed by atoms with Crippen LogP contribution in [0, 0.1) is 10.1 Å². The maximum atomic E-state index is 10.3. The van der Waals surface area contributed by atoms with Crippen LogP contribution >= 0.6 is 35.5 Å². The third kappa shape index (κ3) is 2.77. The molecule has 6 nitrogen and oxygen atoms in total. The van der Waals surface area contributed by atoms with Crippen LogP contribution in [0.4, 0.5) is 5.69 Å². The van der Waals surface area contributed by atoms with Crippen molar-refractivity contribution in [2.45, 2.75) is 0 Å². The molecule has 1 atom stereocenters. The highest BCUT2D eigenvalue weighted by Gasteiger charge is 2.18. The minimum absolute atomic E-state index is 0.0463. The van der Waals surface area contributed by atoms with Crippen molar-refractivity contribution in [3.05, 3.63) is 20.0 Å². The normalized spacial score (nSPS) is 12.5. The van der Waals surface area contributed by atoms with Gasteiger partial charge in [-0.05, 0) is 15.9 Å². The van der Waals surface area contributed by atoms with Gasteiger partial charge in [-0.1, -0.05) is 11.3 Å². The Labute approximate surface area is 85.4 Å². The Bertz CT molecular complexity index is 365. The average molecular weight is 288 g/mol. The van der Waals surface area contributed by atoms with E-state index >= 15 is 0 Å². The minimum atomic E-state index is -3.10. The van der Waals surface area contributed by atoms with Crippen LogP contribution in [0.25, 0.3) is 0 Å². The smallest absolute Gasteiger partial charge is 0.365 e. The number of rotatable bonds is 3. The maximum Gasteiger partial charge on any atom is 0.365 e. The van der Waals surface area contributed by atoms with Crippen LogP contribution in [0.15, 0.2) is 9.85 Å². The molecule has 0 aliphatic heterocycles. The molecule has 0 bridgehead atoms. The van der Waals surface area contributed by atoms with Crippen LogP contribution in [0.3, 0.4) is 0 Å². The van der Waals surface area contributed by atoms with Crippen LogP contribution in [0.2, 0.25) is 0 Å². The fourth-order valence-corrected chi connectivity index (χ4v) is 2.53. The summed E-state index contributed by atoms with van der Waals surface area (Å²) in [6, 6.07) is 1.09. The van der Waals surface area contributed by atoms with Gasteiger partial charge in [0, 0.05) is 0 Å². The van der Waals surface area contributed by atoms with Gasteiger partial charge in [0.2, 0.25) is 0 Å².